The molecule has 0 aromatic heterocycles. The van der Waals surface area contributed by atoms with Gasteiger partial charge in [0.2, 0.25) is 0 Å². The first-order valence-corrected chi connectivity index (χ1v) is 6.29. The lowest BCUT2D eigenvalue weighted by molar-refractivity contribution is -0.137. The monoisotopic (exact) mass is 239 g/mol. The molecular formula is C12H17NO2S. The molecule has 0 aliphatic carbocycles. The molecule has 0 heterocycles. The molecule has 0 saturated carbocycles. The number of thioether (sulfide) groups is 1. The van der Waals surface area contributed by atoms with Crippen molar-refractivity contribution >= 4 is 17.7 Å². The van der Waals surface area contributed by atoms with E-state index >= 15 is 0 Å². The van der Waals surface area contributed by atoms with Crippen molar-refractivity contribution in [3.05, 3.63) is 34.9 Å². The minimum atomic E-state index is -0.936. The van der Waals surface area contributed by atoms with Crippen LogP contribution in [0, 0.1) is 13.8 Å². The van der Waals surface area contributed by atoms with Crippen LogP contribution >= 0.6 is 11.8 Å². The molecule has 4 heteroatoms. The number of carbonyl (C=O) groups is 1. The number of carboxylic acids is 1. The van der Waals surface area contributed by atoms with E-state index in [1.807, 2.05) is 6.07 Å². The highest BCUT2D eigenvalue weighted by molar-refractivity contribution is 7.98. The van der Waals surface area contributed by atoms with Gasteiger partial charge in [0.1, 0.15) is 6.04 Å². The Morgan fingerprint density at radius 1 is 1.44 bits per heavy atom. The number of hydrogen-bond acceptors (Lipinski definition) is 3. The average Bonchev–Trinajstić information content (AvgIpc) is 2.22. The van der Waals surface area contributed by atoms with Crippen molar-refractivity contribution in [1.29, 1.82) is 0 Å². The van der Waals surface area contributed by atoms with Crippen molar-refractivity contribution < 1.29 is 9.90 Å². The van der Waals surface area contributed by atoms with Crippen molar-refractivity contribution in [2.45, 2.75) is 25.6 Å². The fourth-order valence-corrected chi connectivity index (χ4v) is 2.61. The van der Waals surface area contributed by atoms with Crippen LogP contribution in [0.2, 0.25) is 0 Å². The fraction of sp³-hybridized carbons (Fsp3) is 0.417. The van der Waals surface area contributed by atoms with E-state index in [4.69, 9.17) is 10.8 Å². The van der Waals surface area contributed by atoms with Crippen molar-refractivity contribution in [2.24, 2.45) is 5.73 Å². The number of hydrogen-bond donors (Lipinski definition) is 2. The Morgan fingerprint density at radius 2 is 2.00 bits per heavy atom. The van der Waals surface area contributed by atoms with Crippen LogP contribution in [0.15, 0.2) is 18.2 Å². The molecule has 1 rings (SSSR count). The minimum Gasteiger partial charge on any atom is -0.480 e. The molecule has 0 amide bonds. The molecule has 0 aliphatic rings. The number of nitrogens with two attached hydrogens (primary N) is 1. The lowest BCUT2D eigenvalue weighted by Gasteiger charge is -2.10. The summed E-state index contributed by atoms with van der Waals surface area (Å²) < 4.78 is 0. The molecule has 3 nitrogen and oxygen atoms in total. The predicted molar refractivity (Wildman–Crippen MR) is 67.7 cm³/mol. The minimum absolute atomic E-state index is 0.448. The van der Waals surface area contributed by atoms with Crippen LogP contribution in [0.25, 0.3) is 0 Å². The standard InChI is InChI=1S/C12H17NO2S/c1-8-4-3-5-9(2)10(8)6-16-7-11(13)12(14)15/h3-5,11H,6-7,13H2,1-2H3,(H,14,15). The molecule has 0 radical (unpaired) electrons. The second-order valence-electron chi connectivity index (χ2n) is 3.83. The summed E-state index contributed by atoms with van der Waals surface area (Å²) in [5, 5.41) is 8.65. The maximum absolute atomic E-state index is 10.5. The van der Waals surface area contributed by atoms with Gasteiger partial charge in [-0.1, -0.05) is 18.2 Å². The zero-order valence-corrected chi connectivity index (χ0v) is 10.4. The van der Waals surface area contributed by atoms with Crippen molar-refractivity contribution in [3.63, 3.8) is 0 Å². The molecule has 0 aliphatic heterocycles. The van der Waals surface area contributed by atoms with Gasteiger partial charge < -0.3 is 10.8 Å². The zero-order valence-electron chi connectivity index (χ0n) is 9.56. The summed E-state index contributed by atoms with van der Waals surface area (Å²) in [6.45, 7) is 4.14. The van der Waals surface area contributed by atoms with Crippen molar-refractivity contribution in [2.75, 3.05) is 5.75 Å². The van der Waals surface area contributed by atoms with Crippen molar-refractivity contribution in [3.8, 4) is 0 Å². The Labute approximate surface area is 100 Å². The van der Waals surface area contributed by atoms with Gasteiger partial charge in [0.15, 0.2) is 0 Å². The highest BCUT2D eigenvalue weighted by Crippen LogP contribution is 2.20. The molecule has 3 N–H and O–H groups in total. The van der Waals surface area contributed by atoms with Gasteiger partial charge in [-0.05, 0) is 30.5 Å². The van der Waals surface area contributed by atoms with Gasteiger partial charge in [-0.3, -0.25) is 4.79 Å². The summed E-state index contributed by atoms with van der Waals surface area (Å²) in [5.41, 5.74) is 9.21. The maximum atomic E-state index is 10.5. The van der Waals surface area contributed by atoms with Crippen LogP contribution in [-0.2, 0) is 10.5 Å². The smallest absolute Gasteiger partial charge is 0.321 e. The molecule has 1 unspecified atom stereocenters. The van der Waals surface area contributed by atoms with E-state index in [9.17, 15) is 4.79 Å². The first kappa shape index (κ1) is 13.1. The first-order valence-electron chi connectivity index (χ1n) is 5.13. The van der Waals surface area contributed by atoms with E-state index in [2.05, 4.69) is 26.0 Å². The quantitative estimate of drug-likeness (QED) is 0.824. The lowest BCUT2D eigenvalue weighted by atomic mass is 10.1. The normalized spacial score (nSPS) is 12.4. The van der Waals surface area contributed by atoms with Crippen LogP contribution in [-0.4, -0.2) is 22.9 Å². The Hall–Kier alpha value is -1.00. The molecule has 1 atom stereocenters. The highest BCUT2D eigenvalue weighted by Gasteiger charge is 2.11. The topological polar surface area (TPSA) is 63.3 Å². The predicted octanol–water partition coefficient (Wildman–Crippen LogP) is 1.95. The molecule has 88 valence electrons. The Morgan fingerprint density at radius 3 is 2.50 bits per heavy atom. The highest BCUT2D eigenvalue weighted by atomic mass is 32.2. The molecule has 1 aromatic rings. The van der Waals surface area contributed by atoms with Crippen molar-refractivity contribution in [1.82, 2.24) is 0 Å². The summed E-state index contributed by atoms with van der Waals surface area (Å²) >= 11 is 1.57. The van der Waals surface area contributed by atoms with E-state index in [0.717, 1.165) is 5.75 Å². The Kier molecular flexibility index (Phi) is 4.83. The molecule has 16 heavy (non-hydrogen) atoms. The van der Waals surface area contributed by atoms with Gasteiger partial charge in [0, 0.05) is 11.5 Å². The summed E-state index contributed by atoms with van der Waals surface area (Å²) in [6, 6.07) is 5.40. The number of aryl methyl sites for hydroxylation is 2. The van der Waals surface area contributed by atoms with Gasteiger partial charge in [0.25, 0.3) is 0 Å². The van der Waals surface area contributed by atoms with E-state index in [1.165, 1.54) is 16.7 Å². The second kappa shape index (κ2) is 5.92. The van der Waals surface area contributed by atoms with Crippen LogP contribution in [0.1, 0.15) is 16.7 Å². The summed E-state index contributed by atoms with van der Waals surface area (Å²) in [5.74, 6) is 0.330. The summed E-state index contributed by atoms with van der Waals surface area (Å²) in [7, 11) is 0. The molecule has 0 spiro atoms. The second-order valence-corrected chi connectivity index (χ2v) is 4.86. The number of aliphatic carboxylic acids is 1. The lowest BCUT2D eigenvalue weighted by Crippen LogP contribution is -2.32. The van der Waals surface area contributed by atoms with E-state index in [1.54, 1.807) is 11.8 Å². The average molecular weight is 239 g/mol. The van der Waals surface area contributed by atoms with Gasteiger partial charge in [-0.25, -0.2) is 0 Å². The van der Waals surface area contributed by atoms with Crippen LogP contribution in [0.5, 0.6) is 0 Å². The molecule has 1 aromatic carbocycles. The third-order valence-electron chi connectivity index (χ3n) is 2.51. The Bertz CT molecular complexity index is 359. The molecular weight excluding hydrogens is 222 g/mol. The van der Waals surface area contributed by atoms with Gasteiger partial charge in [-0.2, -0.15) is 11.8 Å². The maximum Gasteiger partial charge on any atom is 0.321 e. The molecule has 0 saturated heterocycles. The molecule has 0 bridgehead atoms. The van der Waals surface area contributed by atoms with E-state index in [0.29, 0.717) is 5.75 Å². The number of carboxylic acid groups (broad SMARTS) is 1. The largest absolute Gasteiger partial charge is 0.480 e. The van der Waals surface area contributed by atoms with Gasteiger partial charge in [-0.15, -0.1) is 0 Å². The molecule has 0 fully saturated rings. The van der Waals surface area contributed by atoms with Crippen LogP contribution in [0.4, 0.5) is 0 Å². The van der Waals surface area contributed by atoms with Crippen LogP contribution < -0.4 is 5.73 Å². The SMILES string of the molecule is Cc1cccc(C)c1CSCC(N)C(=O)O. The zero-order chi connectivity index (χ0) is 12.1. The number of rotatable bonds is 5. The van der Waals surface area contributed by atoms with E-state index < -0.39 is 12.0 Å². The third kappa shape index (κ3) is 3.54. The summed E-state index contributed by atoms with van der Waals surface area (Å²) in [4.78, 5) is 10.5. The summed E-state index contributed by atoms with van der Waals surface area (Å²) in [6.07, 6.45) is 0. The van der Waals surface area contributed by atoms with E-state index in [-0.39, 0.29) is 0 Å². The Balaban J connectivity index is 2.52. The first-order chi connectivity index (χ1) is 7.52. The van der Waals surface area contributed by atoms with Gasteiger partial charge in [0.05, 0.1) is 0 Å². The number of benzene rings is 1. The third-order valence-corrected chi connectivity index (χ3v) is 3.59. The fourth-order valence-electron chi connectivity index (χ4n) is 1.44. The van der Waals surface area contributed by atoms with Crippen LogP contribution in [0.3, 0.4) is 0 Å². The van der Waals surface area contributed by atoms with Gasteiger partial charge >= 0.3 is 5.97 Å².